The molecule has 0 aliphatic carbocycles. The van der Waals surface area contributed by atoms with Crippen molar-refractivity contribution in [1.29, 1.82) is 0 Å². The van der Waals surface area contributed by atoms with Crippen molar-refractivity contribution in [3.63, 3.8) is 0 Å². The fourth-order valence-electron chi connectivity index (χ4n) is 3.48. The van der Waals surface area contributed by atoms with Gasteiger partial charge < -0.3 is 26.6 Å². The minimum atomic E-state index is -1.07. The molecule has 0 spiro atoms. The highest BCUT2D eigenvalue weighted by Gasteiger charge is 2.29. The minimum absolute atomic E-state index is 0.0937. The molecular weight excluding hydrogens is 470 g/mol. The van der Waals surface area contributed by atoms with Crippen molar-refractivity contribution in [2.45, 2.75) is 53.0 Å². The number of primary amides is 1. The summed E-state index contributed by atoms with van der Waals surface area (Å²) < 4.78 is 0. The first-order valence-corrected chi connectivity index (χ1v) is 12.3. The third-order valence-corrected chi connectivity index (χ3v) is 5.74. The molecule has 0 radical (unpaired) electrons. The lowest BCUT2D eigenvalue weighted by Gasteiger charge is -2.25. The summed E-state index contributed by atoms with van der Waals surface area (Å²) in [5.74, 6) is -0.897. The van der Waals surface area contributed by atoms with Crippen LogP contribution in [0.3, 0.4) is 0 Å². The van der Waals surface area contributed by atoms with Gasteiger partial charge in [0.15, 0.2) is 11.5 Å². The monoisotopic (exact) mass is 509 g/mol. The molecule has 3 amide bonds. The van der Waals surface area contributed by atoms with Crippen LogP contribution in [-0.2, 0) is 22.4 Å². The number of anilines is 2. The molecule has 0 bridgehead atoms. The van der Waals surface area contributed by atoms with E-state index in [-0.39, 0.29) is 17.5 Å². The first-order chi connectivity index (χ1) is 17.3. The lowest BCUT2D eigenvalue weighted by atomic mass is 10.0. The van der Waals surface area contributed by atoms with Gasteiger partial charge in [-0.15, -0.1) is 0 Å². The topological polar surface area (TPSA) is 142 Å². The zero-order valence-electron chi connectivity index (χ0n) is 22.9. The van der Waals surface area contributed by atoms with Gasteiger partial charge in [0.25, 0.3) is 5.91 Å². The normalized spacial score (nSPS) is 11.8. The summed E-state index contributed by atoms with van der Waals surface area (Å²) >= 11 is 0. The number of rotatable bonds is 12. The Bertz CT molecular complexity index is 1170. The third-order valence-electron chi connectivity index (χ3n) is 5.74. The number of amides is 3. The van der Waals surface area contributed by atoms with Gasteiger partial charge in [-0.1, -0.05) is 25.1 Å². The van der Waals surface area contributed by atoms with Crippen LogP contribution in [0.25, 0.3) is 0 Å². The van der Waals surface area contributed by atoms with Gasteiger partial charge in [0.2, 0.25) is 11.8 Å². The van der Waals surface area contributed by atoms with Crippen LogP contribution in [0.2, 0.25) is 0 Å². The van der Waals surface area contributed by atoms with Gasteiger partial charge in [-0.3, -0.25) is 14.4 Å². The number of benzene rings is 1. The second-order valence-corrected chi connectivity index (χ2v) is 9.73. The number of nitrogens with two attached hydrogens (primary N) is 1. The van der Waals surface area contributed by atoms with Crippen LogP contribution in [0, 0.1) is 6.92 Å². The van der Waals surface area contributed by atoms with Crippen LogP contribution in [0.1, 0.15) is 55.1 Å². The first-order valence-electron chi connectivity index (χ1n) is 12.3. The summed E-state index contributed by atoms with van der Waals surface area (Å²) in [5.41, 5.74) is 8.24. The second-order valence-electron chi connectivity index (χ2n) is 9.73. The Hall–Kier alpha value is -3.79. The second kappa shape index (κ2) is 13.0. The predicted octanol–water partition coefficient (Wildman–Crippen LogP) is 2.25. The van der Waals surface area contributed by atoms with Crippen LogP contribution in [-0.4, -0.2) is 65.3 Å². The highest BCUT2D eigenvalue weighted by Crippen LogP contribution is 2.21. The Morgan fingerprint density at radius 2 is 1.86 bits per heavy atom. The molecule has 0 unspecified atom stereocenters. The predicted molar refractivity (Wildman–Crippen MR) is 146 cm³/mol. The number of aromatic nitrogens is 2. The van der Waals surface area contributed by atoms with Crippen molar-refractivity contribution in [2.75, 3.05) is 32.5 Å². The Morgan fingerprint density at radius 3 is 2.49 bits per heavy atom. The average Bonchev–Trinajstić information content (AvgIpc) is 2.82. The molecule has 1 aromatic carbocycles. The zero-order chi connectivity index (χ0) is 27.8. The average molecular weight is 510 g/mol. The fourth-order valence-corrected chi connectivity index (χ4v) is 3.48. The van der Waals surface area contributed by atoms with E-state index in [9.17, 15) is 14.4 Å². The molecule has 10 heteroatoms. The number of nitrogens with zero attached hydrogens (tertiary/aromatic N) is 3. The van der Waals surface area contributed by atoms with Crippen LogP contribution in [0.5, 0.6) is 0 Å². The van der Waals surface area contributed by atoms with E-state index in [1.165, 1.54) is 0 Å². The summed E-state index contributed by atoms with van der Waals surface area (Å²) in [6, 6.07) is 7.57. The Morgan fingerprint density at radius 1 is 1.16 bits per heavy atom. The molecule has 10 nitrogen and oxygen atoms in total. The minimum Gasteiger partial charge on any atom is -0.364 e. The molecule has 2 rings (SSSR count). The van der Waals surface area contributed by atoms with E-state index in [4.69, 9.17) is 5.73 Å². The van der Waals surface area contributed by atoms with Gasteiger partial charge >= 0.3 is 0 Å². The van der Waals surface area contributed by atoms with E-state index < -0.39 is 11.4 Å². The molecule has 0 aliphatic rings. The van der Waals surface area contributed by atoms with Crippen molar-refractivity contribution in [3.05, 3.63) is 58.6 Å². The molecular formula is C27H39N7O3. The maximum atomic E-state index is 12.7. The van der Waals surface area contributed by atoms with Crippen molar-refractivity contribution >= 4 is 29.2 Å². The van der Waals surface area contributed by atoms with Gasteiger partial charge in [-0.2, -0.15) is 0 Å². The molecule has 37 heavy (non-hydrogen) atoms. The molecule has 1 aromatic heterocycles. The molecule has 0 aliphatic heterocycles. The summed E-state index contributed by atoms with van der Waals surface area (Å²) in [4.78, 5) is 47.9. The highest BCUT2D eigenvalue weighted by atomic mass is 16.2. The molecule has 0 saturated carbocycles. The van der Waals surface area contributed by atoms with Crippen LogP contribution in [0.15, 0.2) is 35.9 Å². The highest BCUT2D eigenvalue weighted by molar-refractivity contribution is 5.98. The van der Waals surface area contributed by atoms with Crippen molar-refractivity contribution < 1.29 is 14.4 Å². The van der Waals surface area contributed by atoms with E-state index in [2.05, 4.69) is 25.9 Å². The van der Waals surface area contributed by atoms with E-state index in [1.807, 2.05) is 63.2 Å². The Kier molecular flexibility index (Phi) is 10.3. The summed E-state index contributed by atoms with van der Waals surface area (Å²) in [6.07, 6.45) is 3.03. The molecule has 200 valence electrons. The van der Waals surface area contributed by atoms with Gasteiger partial charge in [-0.05, 0) is 72.3 Å². The number of carbonyl (C=O) groups is 3. The van der Waals surface area contributed by atoms with Crippen LogP contribution < -0.4 is 21.7 Å². The van der Waals surface area contributed by atoms with E-state index in [0.717, 1.165) is 22.6 Å². The summed E-state index contributed by atoms with van der Waals surface area (Å²) in [7, 11) is 3.84. The largest absolute Gasteiger partial charge is 0.364 e. The van der Waals surface area contributed by atoms with Gasteiger partial charge in [0.05, 0.1) is 11.4 Å². The third kappa shape index (κ3) is 8.68. The number of hydrogen-bond acceptors (Lipinski definition) is 7. The maximum Gasteiger partial charge on any atom is 0.271 e. The lowest BCUT2D eigenvalue weighted by molar-refractivity contribution is -0.130. The Balaban J connectivity index is 2.00. The van der Waals surface area contributed by atoms with E-state index in [1.54, 1.807) is 20.8 Å². The van der Waals surface area contributed by atoms with Crippen LogP contribution in [0.4, 0.5) is 11.5 Å². The fraction of sp³-hybridized carbons (Fsp3) is 0.444. The molecule has 0 saturated heterocycles. The molecule has 0 atom stereocenters. The molecule has 1 heterocycles. The number of nitrogens with one attached hydrogen (secondary N) is 3. The number of likely N-dealkylation sites (N-methyl/N-ethyl adjacent to an activating group) is 1. The Labute approximate surface area is 219 Å². The van der Waals surface area contributed by atoms with Gasteiger partial charge in [-0.25, -0.2) is 9.97 Å². The van der Waals surface area contributed by atoms with Gasteiger partial charge in [0.1, 0.15) is 5.54 Å². The molecule has 2 aromatic rings. The quantitative estimate of drug-likeness (QED) is 0.321. The van der Waals surface area contributed by atoms with Crippen molar-refractivity contribution in [2.24, 2.45) is 5.73 Å². The smallest absolute Gasteiger partial charge is 0.271 e. The summed E-state index contributed by atoms with van der Waals surface area (Å²) in [5, 5.41) is 8.83. The number of hydrogen-bond donors (Lipinski definition) is 4. The summed E-state index contributed by atoms with van der Waals surface area (Å²) in [6.45, 7) is 9.88. The lowest BCUT2D eigenvalue weighted by Crippen LogP contribution is -2.55. The number of aryl methyl sites for hydroxylation is 2. The maximum absolute atomic E-state index is 12.7. The molecule has 0 fully saturated rings. The standard InChI is InChI=1S/C27H39N7O3/c1-8-21-18(3)30-24(22(32-21)23(28)35)31-20-11-9-10-19(16-20)12-14-29-26(37)27(4,5)33-25(36)17(2)13-15-34(6)7/h9-11,13,16H,8,12,14-15H2,1-7H3,(H2,28,35)(H,29,37)(H,30,31)(H,33,36)/b17-13+. The number of carbonyl (C=O) groups excluding carboxylic acids is 3. The van der Waals surface area contributed by atoms with Crippen molar-refractivity contribution in [1.82, 2.24) is 25.5 Å². The van der Waals surface area contributed by atoms with Crippen molar-refractivity contribution in [3.8, 4) is 0 Å². The van der Waals surface area contributed by atoms with E-state index in [0.29, 0.717) is 37.3 Å². The van der Waals surface area contributed by atoms with E-state index >= 15 is 0 Å². The molecule has 5 N–H and O–H groups in total. The van der Waals surface area contributed by atoms with Crippen LogP contribution >= 0.6 is 0 Å². The zero-order valence-corrected chi connectivity index (χ0v) is 22.9. The SMILES string of the molecule is CCc1nc(C(N)=O)c(Nc2cccc(CCNC(=O)C(C)(C)NC(=O)/C(C)=C/CN(C)C)c2)nc1C. The van der Waals surface area contributed by atoms with Gasteiger partial charge in [0, 0.05) is 24.4 Å². The first kappa shape index (κ1) is 29.4.